The summed E-state index contributed by atoms with van der Waals surface area (Å²) in [4.78, 5) is 40.6. The number of fused-ring (bicyclic) bond motifs is 2. The lowest BCUT2D eigenvalue weighted by Gasteiger charge is -2.24. The Morgan fingerprint density at radius 3 is 2.45 bits per heavy atom. The van der Waals surface area contributed by atoms with Crippen molar-refractivity contribution in [1.29, 1.82) is 0 Å². The van der Waals surface area contributed by atoms with Crippen molar-refractivity contribution < 1.29 is 19.1 Å². The highest BCUT2D eigenvalue weighted by molar-refractivity contribution is 6.24. The van der Waals surface area contributed by atoms with E-state index in [9.17, 15) is 14.4 Å². The molecule has 0 radical (unpaired) electrons. The molecule has 0 aromatic heterocycles. The minimum Gasteiger partial charge on any atom is -0.497 e. The molecule has 0 aliphatic carbocycles. The SMILES string of the molecule is COc1ccc([C@@H]2CC(c3ccc4ccccc4c3)=NN2C(=O)CN2C(=O)c3cccc(N)c3C2=O)cc1. The number of methoxy groups -OCH3 is 1. The average molecular weight is 505 g/mol. The third-order valence-electron chi connectivity index (χ3n) is 7.07. The molecule has 0 saturated carbocycles. The number of hydrazone groups is 1. The number of imide groups is 1. The maximum atomic E-state index is 13.6. The van der Waals surface area contributed by atoms with Gasteiger partial charge in [0.25, 0.3) is 17.7 Å². The van der Waals surface area contributed by atoms with Crippen LogP contribution in [0.3, 0.4) is 0 Å². The molecule has 0 unspecified atom stereocenters. The lowest BCUT2D eigenvalue weighted by molar-refractivity contribution is -0.133. The van der Waals surface area contributed by atoms with Crippen molar-refractivity contribution in [2.75, 3.05) is 19.4 Å². The van der Waals surface area contributed by atoms with Crippen LogP contribution in [0.5, 0.6) is 5.75 Å². The Kier molecular flexibility index (Phi) is 5.64. The van der Waals surface area contributed by atoms with E-state index in [2.05, 4.69) is 6.07 Å². The Hall–Kier alpha value is -4.98. The molecule has 4 aromatic carbocycles. The van der Waals surface area contributed by atoms with Gasteiger partial charge in [-0.3, -0.25) is 19.3 Å². The van der Waals surface area contributed by atoms with E-state index in [1.54, 1.807) is 25.3 Å². The number of carbonyl (C=O) groups excluding carboxylic acids is 3. The number of benzene rings is 4. The van der Waals surface area contributed by atoms with Gasteiger partial charge in [0.2, 0.25) is 0 Å². The second kappa shape index (κ2) is 9.15. The second-order valence-electron chi connectivity index (χ2n) is 9.31. The van der Waals surface area contributed by atoms with Gasteiger partial charge in [0, 0.05) is 12.1 Å². The summed E-state index contributed by atoms with van der Waals surface area (Å²) in [6.07, 6.45) is 0.478. The highest BCUT2D eigenvalue weighted by atomic mass is 16.5. The van der Waals surface area contributed by atoms with Gasteiger partial charge < -0.3 is 10.5 Å². The quantitative estimate of drug-likeness (QED) is 0.320. The fraction of sp³-hybridized carbons (Fsp3) is 0.133. The Bertz CT molecular complexity index is 1640. The zero-order valence-electron chi connectivity index (χ0n) is 20.6. The van der Waals surface area contributed by atoms with Crippen molar-refractivity contribution in [3.8, 4) is 5.75 Å². The number of ether oxygens (including phenoxy) is 1. The molecule has 0 saturated heterocycles. The summed E-state index contributed by atoms with van der Waals surface area (Å²) in [6.45, 7) is -0.438. The highest BCUT2D eigenvalue weighted by Crippen LogP contribution is 2.35. The van der Waals surface area contributed by atoms with Gasteiger partial charge in [-0.2, -0.15) is 5.10 Å². The van der Waals surface area contributed by atoms with Crippen LogP contribution in [0.4, 0.5) is 5.69 Å². The Balaban J connectivity index is 1.34. The van der Waals surface area contributed by atoms with Crippen LogP contribution in [0.15, 0.2) is 90.0 Å². The van der Waals surface area contributed by atoms with E-state index in [1.807, 2.05) is 60.7 Å². The number of hydrogen-bond acceptors (Lipinski definition) is 6. The van der Waals surface area contributed by atoms with Crippen LogP contribution in [-0.2, 0) is 4.79 Å². The molecule has 0 spiro atoms. The van der Waals surface area contributed by atoms with Crippen LogP contribution in [0, 0.1) is 0 Å². The Morgan fingerprint density at radius 1 is 0.947 bits per heavy atom. The molecule has 2 aliphatic rings. The van der Waals surface area contributed by atoms with Crippen LogP contribution in [0.2, 0.25) is 0 Å². The van der Waals surface area contributed by atoms with Gasteiger partial charge in [-0.25, -0.2) is 5.01 Å². The first-order valence-electron chi connectivity index (χ1n) is 12.2. The highest BCUT2D eigenvalue weighted by Gasteiger charge is 2.41. The normalized spacial score (nSPS) is 16.7. The van der Waals surface area contributed by atoms with Crippen LogP contribution in [0.1, 0.15) is 44.3 Å². The van der Waals surface area contributed by atoms with Gasteiger partial charge in [0.15, 0.2) is 0 Å². The summed E-state index contributed by atoms with van der Waals surface area (Å²) in [6, 6.07) is 25.9. The van der Waals surface area contributed by atoms with Gasteiger partial charge >= 0.3 is 0 Å². The number of hydrogen-bond donors (Lipinski definition) is 1. The summed E-state index contributed by atoms with van der Waals surface area (Å²) in [5, 5.41) is 8.29. The molecule has 38 heavy (non-hydrogen) atoms. The summed E-state index contributed by atoms with van der Waals surface area (Å²) < 4.78 is 5.29. The monoisotopic (exact) mass is 504 g/mol. The van der Waals surface area contributed by atoms with Crippen LogP contribution < -0.4 is 10.5 Å². The maximum absolute atomic E-state index is 13.6. The van der Waals surface area contributed by atoms with E-state index in [0.29, 0.717) is 12.2 Å². The smallest absolute Gasteiger partial charge is 0.264 e. The van der Waals surface area contributed by atoms with Crippen molar-refractivity contribution in [1.82, 2.24) is 9.91 Å². The van der Waals surface area contributed by atoms with Crippen molar-refractivity contribution in [2.24, 2.45) is 5.10 Å². The summed E-state index contributed by atoms with van der Waals surface area (Å²) in [5.41, 5.74) is 9.03. The second-order valence-corrected chi connectivity index (χ2v) is 9.31. The Labute approximate surface area is 218 Å². The minimum atomic E-state index is -0.574. The third-order valence-corrected chi connectivity index (χ3v) is 7.07. The number of rotatable bonds is 5. The topological polar surface area (TPSA) is 105 Å². The average Bonchev–Trinajstić information content (AvgIpc) is 3.49. The number of nitrogens with zero attached hydrogens (tertiary/aromatic N) is 3. The fourth-order valence-corrected chi connectivity index (χ4v) is 5.08. The summed E-state index contributed by atoms with van der Waals surface area (Å²) in [7, 11) is 1.59. The van der Waals surface area contributed by atoms with E-state index >= 15 is 0 Å². The molecule has 0 bridgehead atoms. The molecular weight excluding hydrogens is 480 g/mol. The molecule has 188 valence electrons. The van der Waals surface area contributed by atoms with Crippen LogP contribution in [-0.4, -0.2) is 47.0 Å². The molecule has 2 aliphatic heterocycles. The van der Waals surface area contributed by atoms with Gasteiger partial charge in [0.05, 0.1) is 30.0 Å². The molecule has 2 N–H and O–H groups in total. The maximum Gasteiger partial charge on any atom is 0.264 e. The van der Waals surface area contributed by atoms with Gasteiger partial charge in [-0.15, -0.1) is 0 Å². The van der Waals surface area contributed by atoms with E-state index in [0.717, 1.165) is 32.5 Å². The first-order valence-corrected chi connectivity index (χ1v) is 12.2. The largest absolute Gasteiger partial charge is 0.497 e. The number of nitrogen functional groups attached to an aromatic ring is 1. The van der Waals surface area contributed by atoms with Gasteiger partial charge in [-0.05, 0) is 52.2 Å². The van der Waals surface area contributed by atoms with Crippen molar-refractivity contribution in [2.45, 2.75) is 12.5 Å². The summed E-state index contributed by atoms with van der Waals surface area (Å²) in [5.74, 6) is -0.876. The molecule has 8 heteroatoms. The van der Waals surface area contributed by atoms with Crippen LogP contribution in [0.25, 0.3) is 10.8 Å². The predicted octanol–water partition coefficient (Wildman–Crippen LogP) is 4.40. The van der Waals surface area contributed by atoms with E-state index in [4.69, 9.17) is 15.6 Å². The lowest BCUT2D eigenvalue weighted by Crippen LogP contribution is -2.41. The molecule has 3 amide bonds. The molecule has 6 rings (SSSR count). The first-order chi connectivity index (χ1) is 18.4. The van der Waals surface area contributed by atoms with E-state index in [-0.39, 0.29) is 16.8 Å². The molecular formula is C30H24N4O4. The zero-order chi connectivity index (χ0) is 26.4. The van der Waals surface area contributed by atoms with Crippen molar-refractivity contribution >= 4 is 39.9 Å². The van der Waals surface area contributed by atoms with E-state index in [1.165, 1.54) is 5.01 Å². The molecule has 0 fully saturated rings. The molecule has 4 aromatic rings. The third kappa shape index (κ3) is 3.87. The van der Waals surface area contributed by atoms with E-state index < -0.39 is 30.3 Å². The predicted molar refractivity (Wildman–Crippen MR) is 144 cm³/mol. The molecule has 8 nitrogen and oxygen atoms in total. The summed E-state index contributed by atoms with van der Waals surface area (Å²) >= 11 is 0. The molecule has 2 heterocycles. The van der Waals surface area contributed by atoms with Gasteiger partial charge in [-0.1, -0.05) is 54.6 Å². The Morgan fingerprint density at radius 2 is 1.71 bits per heavy atom. The standard InChI is InChI=1S/C30H24N4O4/c1-38-22-13-11-19(12-14-22)26-16-25(21-10-9-18-5-2-3-6-20(18)15-21)32-34(26)27(35)17-33-29(36)23-7-4-8-24(31)28(23)30(33)37/h2-15,26H,16-17,31H2,1H3/t26-/m0/s1. The van der Waals surface area contributed by atoms with Crippen molar-refractivity contribution in [3.63, 3.8) is 0 Å². The van der Waals surface area contributed by atoms with Crippen molar-refractivity contribution in [3.05, 3.63) is 107 Å². The number of amides is 3. The number of carbonyl (C=O) groups is 3. The zero-order valence-corrected chi connectivity index (χ0v) is 20.6. The number of anilines is 1. The molecule has 1 atom stereocenters. The minimum absolute atomic E-state index is 0.138. The lowest BCUT2D eigenvalue weighted by atomic mass is 9.97. The first kappa shape index (κ1) is 23.4. The van der Waals surface area contributed by atoms with Gasteiger partial charge in [0.1, 0.15) is 12.3 Å². The number of nitrogens with two attached hydrogens (primary N) is 1. The van der Waals surface area contributed by atoms with Crippen LogP contribution >= 0.6 is 0 Å². The fourth-order valence-electron chi connectivity index (χ4n) is 5.08.